The molecule has 7 nitrogen and oxygen atoms in total. The molecule has 0 bridgehead atoms. The van der Waals surface area contributed by atoms with Crippen LogP contribution in [0.2, 0.25) is 0 Å². The SMILES string of the molecule is COc1cc(OC)cc(C(=O)N2CCCC(c3nnc4n3CCCCC4)C2)c1. The zero-order valence-corrected chi connectivity index (χ0v) is 16.7. The van der Waals surface area contributed by atoms with E-state index in [2.05, 4.69) is 14.8 Å². The minimum Gasteiger partial charge on any atom is -0.497 e. The lowest BCUT2D eigenvalue weighted by Crippen LogP contribution is -2.39. The van der Waals surface area contributed by atoms with Gasteiger partial charge in [0.25, 0.3) is 5.91 Å². The van der Waals surface area contributed by atoms with E-state index in [1.165, 1.54) is 19.3 Å². The van der Waals surface area contributed by atoms with Crippen LogP contribution in [0.4, 0.5) is 0 Å². The number of likely N-dealkylation sites (tertiary alicyclic amines) is 1. The van der Waals surface area contributed by atoms with Crippen molar-refractivity contribution in [2.45, 2.75) is 51.0 Å². The Kier molecular flexibility index (Phi) is 5.50. The van der Waals surface area contributed by atoms with Crippen molar-refractivity contribution in [3.05, 3.63) is 35.4 Å². The summed E-state index contributed by atoms with van der Waals surface area (Å²) in [5, 5.41) is 8.96. The van der Waals surface area contributed by atoms with Crippen LogP contribution in [0.25, 0.3) is 0 Å². The van der Waals surface area contributed by atoms with Crippen LogP contribution in [0.15, 0.2) is 18.2 Å². The van der Waals surface area contributed by atoms with E-state index < -0.39 is 0 Å². The van der Waals surface area contributed by atoms with Crippen molar-refractivity contribution in [2.24, 2.45) is 0 Å². The van der Waals surface area contributed by atoms with Crippen LogP contribution < -0.4 is 9.47 Å². The van der Waals surface area contributed by atoms with E-state index in [9.17, 15) is 4.79 Å². The van der Waals surface area contributed by atoms with Gasteiger partial charge in [-0.15, -0.1) is 10.2 Å². The molecule has 2 aliphatic rings. The third-order valence-corrected chi connectivity index (χ3v) is 5.81. The zero-order valence-electron chi connectivity index (χ0n) is 16.7. The van der Waals surface area contributed by atoms with Gasteiger partial charge in [0.2, 0.25) is 0 Å². The summed E-state index contributed by atoms with van der Waals surface area (Å²) in [5.41, 5.74) is 0.594. The first-order chi connectivity index (χ1) is 13.7. The molecule has 2 aromatic rings. The molecule has 1 aromatic heterocycles. The fourth-order valence-electron chi connectivity index (χ4n) is 4.30. The highest BCUT2D eigenvalue weighted by molar-refractivity contribution is 5.95. The first kappa shape index (κ1) is 18.8. The Morgan fingerprint density at radius 3 is 2.54 bits per heavy atom. The van der Waals surface area contributed by atoms with Crippen molar-refractivity contribution in [2.75, 3.05) is 27.3 Å². The Labute approximate surface area is 165 Å². The highest BCUT2D eigenvalue weighted by Gasteiger charge is 2.30. The molecule has 1 saturated heterocycles. The summed E-state index contributed by atoms with van der Waals surface area (Å²) in [4.78, 5) is 15.1. The molecule has 7 heteroatoms. The fourth-order valence-corrected chi connectivity index (χ4v) is 4.30. The summed E-state index contributed by atoms with van der Waals surface area (Å²) >= 11 is 0. The smallest absolute Gasteiger partial charge is 0.254 e. The topological polar surface area (TPSA) is 69.5 Å². The first-order valence-corrected chi connectivity index (χ1v) is 10.1. The number of carbonyl (C=O) groups excluding carboxylic acids is 1. The molecule has 1 aromatic carbocycles. The van der Waals surface area contributed by atoms with Gasteiger partial charge in [0.1, 0.15) is 23.1 Å². The molecule has 150 valence electrons. The van der Waals surface area contributed by atoms with Crippen LogP contribution >= 0.6 is 0 Å². The first-order valence-electron chi connectivity index (χ1n) is 10.1. The van der Waals surface area contributed by atoms with Gasteiger partial charge in [0.05, 0.1) is 14.2 Å². The van der Waals surface area contributed by atoms with Gasteiger partial charge in [-0.25, -0.2) is 0 Å². The van der Waals surface area contributed by atoms with Crippen LogP contribution in [0.1, 0.15) is 60.0 Å². The largest absolute Gasteiger partial charge is 0.497 e. The lowest BCUT2D eigenvalue weighted by atomic mass is 9.96. The summed E-state index contributed by atoms with van der Waals surface area (Å²) in [6, 6.07) is 5.33. The van der Waals surface area contributed by atoms with Crippen LogP contribution in [0.3, 0.4) is 0 Å². The molecule has 1 fully saturated rings. The number of piperidine rings is 1. The van der Waals surface area contributed by atoms with Gasteiger partial charge in [-0.05, 0) is 37.8 Å². The highest BCUT2D eigenvalue weighted by atomic mass is 16.5. The number of fused-ring (bicyclic) bond motifs is 1. The van der Waals surface area contributed by atoms with Gasteiger partial charge in [-0.3, -0.25) is 4.79 Å². The number of ether oxygens (including phenoxy) is 2. The molecular weight excluding hydrogens is 356 g/mol. The normalized spacial score (nSPS) is 19.6. The molecular formula is C21H28N4O3. The number of carbonyl (C=O) groups is 1. The zero-order chi connectivity index (χ0) is 19.5. The number of hydrogen-bond acceptors (Lipinski definition) is 5. The molecule has 2 aliphatic heterocycles. The van der Waals surface area contributed by atoms with Gasteiger partial charge in [0.15, 0.2) is 0 Å². The van der Waals surface area contributed by atoms with Crippen molar-refractivity contribution in [3.8, 4) is 11.5 Å². The predicted molar refractivity (Wildman–Crippen MR) is 105 cm³/mol. The number of nitrogens with zero attached hydrogens (tertiary/aromatic N) is 4. The van der Waals surface area contributed by atoms with Crippen molar-refractivity contribution < 1.29 is 14.3 Å². The minimum atomic E-state index is 0.0116. The Morgan fingerprint density at radius 1 is 1.00 bits per heavy atom. The number of aromatic nitrogens is 3. The van der Waals surface area contributed by atoms with Crippen molar-refractivity contribution in [1.29, 1.82) is 0 Å². The van der Waals surface area contributed by atoms with E-state index in [0.29, 0.717) is 23.6 Å². The van der Waals surface area contributed by atoms with Crippen molar-refractivity contribution in [1.82, 2.24) is 19.7 Å². The van der Waals surface area contributed by atoms with E-state index in [1.54, 1.807) is 32.4 Å². The number of aryl methyl sites for hydroxylation is 1. The Balaban J connectivity index is 1.54. The molecule has 1 unspecified atom stereocenters. The van der Waals surface area contributed by atoms with Gasteiger partial charge >= 0.3 is 0 Å². The summed E-state index contributed by atoms with van der Waals surface area (Å²) in [7, 11) is 3.19. The number of benzene rings is 1. The Morgan fingerprint density at radius 2 is 1.79 bits per heavy atom. The highest BCUT2D eigenvalue weighted by Crippen LogP contribution is 2.30. The van der Waals surface area contributed by atoms with Gasteiger partial charge < -0.3 is 18.9 Å². The minimum absolute atomic E-state index is 0.0116. The summed E-state index contributed by atoms with van der Waals surface area (Å²) in [5.74, 6) is 3.66. The molecule has 1 amide bonds. The molecule has 0 radical (unpaired) electrons. The summed E-state index contributed by atoms with van der Waals surface area (Å²) in [6.07, 6.45) is 6.63. The number of methoxy groups -OCH3 is 2. The lowest BCUT2D eigenvalue weighted by molar-refractivity contribution is 0.0702. The molecule has 0 saturated carbocycles. The summed E-state index contributed by atoms with van der Waals surface area (Å²) in [6.45, 7) is 2.43. The maximum absolute atomic E-state index is 13.2. The second-order valence-corrected chi connectivity index (χ2v) is 7.63. The molecule has 0 aliphatic carbocycles. The van der Waals surface area contributed by atoms with Crippen LogP contribution in [0, 0.1) is 0 Å². The van der Waals surface area contributed by atoms with Gasteiger partial charge in [-0.2, -0.15) is 0 Å². The second kappa shape index (κ2) is 8.20. The molecule has 4 rings (SSSR count). The van der Waals surface area contributed by atoms with E-state index in [1.807, 2.05) is 4.90 Å². The molecule has 0 spiro atoms. The predicted octanol–water partition coefficient (Wildman–Crippen LogP) is 3.04. The maximum Gasteiger partial charge on any atom is 0.254 e. The lowest BCUT2D eigenvalue weighted by Gasteiger charge is -2.32. The average molecular weight is 384 g/mol. The molecule has 1 atom stereocenters. The van der Waals surface area contributed by atoms with Crippen molar-refractivity contribution in [3.63, 3.8) is 0 Å². The van der Waals surface area contributed by atoms with E-state index in [0.717, 1.165) is 44.0 Å². The average Bonchev–Trinajstić information content (AvgIpc) is 3.01. The number of rotatable bonds is 4. The monoisotopic (exact) mass is 384 g/mol. The quantitative estimate of drug-likeness (QED) is 0.810. The Bertz CT molecular complexity index is 826. The maximum atomic E-state index is 13.2. The molecule has 0 N–H and O–H groups in total. The van der Waals surface area contributed by atoms with Crippen molar-refractivity contribution >= 4 is 5.91 Å². The standard InChI is InChI=1S/C21H28N4O3/c1-27-17-11-16(12-18(13-17)28-2)21(26)24-9-6-7-15(14-24)20-23-22-19-8-4-3-5-10-25(19)20/h11-13,15H,3-10,14H2,1-2H3. The molecule has 28 heavy (non-hydrogen) atoms. The number of hydrogen-bond donors (Lipinski definition) is 0. The van der Waals surface area contributed by atoms with Crippen LogP contribution in [-0.4, -0.2) is 52.9 Å². The van der Waals surface area contributed by atoms with Gasteiger partial charge in [-0.1, -0.05) is 6.42 Å². The molecule has 3 heterocycles. The fraction of sp³-hybridized carbons (Fsp3) is 0.571. The number of amides is 1. The van der Waals surface area contributed by atoms with Crippen LogP contribution in [0.5, 0.6) is 11.5 Å². The van der Waals surface area contributed by atoms with E-state index in [4.69, 9.17) is 9.47 Å². The van der Waals surface area contributed by atoms with E-state index >= 15 is 0 Å². The van der Waals surface area contributed by atoms with Gasteiger partial charge in [0, 0.05) is 43.6 Å². The third-order valence-electron chi connectivity index (χ3n) is 5.81. The summed E-state index contributed by atoms with van der Waals surface area (Å²) < 4.78 is 12.9. The second-order valence-electron chi connectivity index (χ2n) is 7.63. The third kappa shape index (κ3) is 3.70. The van der Waals surface area contributed by atoms with Crippen LogP contribution in [-0.2, 0) is 13.0 Å². The Hall–Kier alpha value is -2.57. The van der Waals surface area contributed by atoms with E-state index in [-0.39, 0.29) is 11.8 Å².